The number of carbonyl (C=O) groups excluding carboxylic acids is 1. The summed E-state index contributed by atoms with van der Waals surface area (Å²) in [5.74, 6) is 0.436. The fraction of sp³-hybridized carbons (Fsp3) is 0.0833. The Morgan fingerprint density at radius 2 is 1.66 bits per heavy atom. The van der Waals surface area contributed by atoms with Crippen LogP contribution in [-0.2, 0) is 13.2 Å². The molecule has 0 unspecified atom stereocenters. The van der Waals surface area contributed by atoms with E-state index >= 15 is 0 Å². The van der Waals surface area contributed by atoms with Gasteiger partial charge in [0.05, 0.1) is 16.6 Å². The molecule has 1 aromatic heterocycles. The van der Waals surface area contributed by atoms with Gasteiger partial charge in [0.15, 0.2) is 5.82 Å². The van der Waals surface area contributed by atoms with Crippen LogP contribution in [0.15, 0.2) is 79.0 Å². The van der Waals surface area contributed by atoms with E-state index in [1.54, 1.807) is 65.5 Å². The summed E-state index contributed by atoms with van der Waals surface area (Å²) in [5, 5.41) is 8.13. The second-order valence-electron chi connectivity index (χ2n) is 7.04. The zero-order valence-corrected chi connectivity index (χ0v) is 18.3. The second-order valence-corrected chi connectivity index (χ2v) is 7.86. The van der Waals surface area contributed by atoms with Gasteiger partial charge < -0.3 is 10.1 Å². The predicted octanol–water partition coefficient (Wildman–Crippen LogP) is 6.21. The topological polar surface area (TPSA) is 56.2 Å². The molecule has 0 saturated heterocycles. The number of aromatic nitrogens is 2. The molecule has 0 radical (unpaired) electrons. The van der Waals surface area contributed by atoms with Crippen LogP contribution < -0.4 is 10.1 Å². The fourth-order valence-corrected chi connectivity index (χ4v) is 3.30. The summed E-state index contributed by atoms with van der Waals surface area (Å²) < 4.78 is 20.3. The zero-order valence-electron chi connectivity index (χ0n) is 16.8. The molecule has 0 bridgehead atoms. The third-order valence-corrected chi connectivity index (χ3v) is 5.39. The molecule has 4 rings (SSSR count). The van der Waals surface area contributed by atoms with E-state index in [-0.39, 0.29) is 11.7 Å². The molecule has 3 aromatic carbocycles. The number of ether oxygens (including phenoxy) is 1. The Labute approximate surface area is 194 Å². The average molecular weight is 470 g/mol. The van der Waals surface area contributed by atoms with Gasteiger partial charge >= 0.3 is 0 Å². The van der Waals surface area contributed by atoms with Crippen molar-refractivity contribution < 1.29 is 13.9 Å². The first-order valence-electron chi connectivity index (χ1n) is 9.72. The molecule has 4 aromatic rings. The van der Waals surface area contributed by atoms with Crippen LogP contribution in [0.2, 0.25) is 10.0 Å². The van der Waals surface area contributed by atoms with E-state index in [4.69, 9.17) is 27.9 Å². The minimum absolute atomic E-state index is 0.268. The first-order chi connectivity index (χ1) is 15.5. The Morgan fingerprint density at radius 1 is 0.938 bits per heavy atom. The van der Waals surface area contributed by atoms with Crippen LogP contribution >= 0.6 is 23.2 Å². The summed E-state index contributed by atoms with van der Waals surface area (Å²) in [6, 6.07) is 20.0. The molecule has 1 amide bonds. The van der Waals surface area contributed by atoms with Gasteiger partial charge in [-0.15, -0.1) is 0 Å². The van der Waals surface area contributed by atoms with E-state index in [1.807, 2.05) is 6.07 Å². The fourth-order valence-electron chi connectivity index (χ4n) is 2.98. The summed E-state index contributed by atoms with van der Waals surface area (Å²) >= 11 is 12.0. The van der Waals surface area contributed by atoms with Crippen molar-refractivity contribution in [3.63, 3.8) is 0 Å². The quantitative estimate of drug-likeness (QED) is 0.350. The third-order valence-electron chi connectivity index (χ3n) is 4.65. The molecule has 0 aliphatic heterocycles. The van der Waals surface area contributed by atoms with Gasteiger partial charge in [-0.3, -0.25) is 9.48 Å². The summed E-state index contributed by atoms with van der Waals surface area (Å²) in [6.07, 6.45) is 1.77. The summed E-state index contributed by atoms with van der Waals surface area (Å²) in [5.41, 5.74) is 2.32. The van der Waals surface area contributed by atoms with Crippen molar-refractivity contribution in [1.82, 2.24) is 9.78 Å². The molecule has 0 atom stereocenters. The minimum atomic E-state index is -0.313. The Morgan fingerprint density at radius 3 is 2.38 bits per heavy atom. The maximum Gasteiger partial charge on any atom is 0.256 e. The molecule has 1 N–H and O–H groups in total. The van der Waals surface area contributed by atoms with Gasteiger partial charge in [0.1, 0.15) is 18.2 Å². The molecule has 5 nitrogen and oxygen atoms in total. The monoisotopic (exact) mass is 469 g/mol. The first kappa shape index (κ1) is 21.9. The van der Waals surface area contributed by atoms with Crippen LogP contribution in [0, 0.1) is 5.82 Å². The number of hydrogen-bond acceptors (Lipinski definition) is 3. The molecule has 0 aliphatic carbocycles. The van der Waals surface area contributed by atoms with E-state index in [0.29, 0.717) is 40.3 Å². The number of hydrogen-bond donors (Lipinski definition) is 1. The molecule has 32 heavy (non-hydrogen) atoms. The van der Waals surface area contributed by atoms with Crippen molar-refractivity contribution in [2.75, 3.05) is 5.32 Å². The molecule has 0 aliphatic rings. The van der Waals surface area contributed by atoms with Crippen molar-refractivity contribution in [3.05, 3.63) is 112 Å². The van der Waals surface area contributed by atoms with E-state index in [2.05, 4.69) is 10.4 Å². The lowest BCUT2D eigenvalue weighted by Crippen LogP contribution is -2.13. The van der Waals surface area contributed by atoms with Gasteiger partial charge in [0.2, 0.25) is 0 Å². The van der Waals surface area contributed by atoms with Gasteiger partial charge in [-0.05, 0) is 59.7 Å². The Kier molecular flexibility index (Phi) is 6.73. The number of benzene rings is 3. The molecule has 0 spiro atoms. The van der Waals surface area contributed by atoms with Crippen LogP contribution in [0.25, 0.3) is 0 Å². The lowest BCUT2D eigenvalue weighted by molar-refractivity contribution is 0.102. The highest BCUT2D eigenvalue weighted by Gasteiger charge is 2.09. The molecule has 8 heteroatoms. The predicted molar refractivity (Wildman–Crippen MR) is 123 cm³/mol. The maximum atomic E-state index is 12.9. The maximum absolute atomic E-state index is 12.9. The van der Waals surface area contributed by atoms with Crippen molar-refractivity contribution >= 4 is 34.9 Å². The van der Waals surface area contributed by atoms with Gasteiger partial charge in [-0.2, -0.15) is 5.10 Å². The highest BCUT2D eigenvalue weighted by Crippen LogP contribution is 2.23. The lowest BCUT2D eigenvalue weighted by Gasteiger charge is -2.07. The van der Waals surface area contributed by atoms with Crippen molar-refractivity contribution in [3.8, 4) is 5.75 Å². The number of amides is 1. The first-order valence-corrected chi connectivity index (χ1v) is 10.5. The SMILES string of the molecule is O=C(Nc1ccn(Cc2ccc(Cl)c(Cl)c2)n1)c1ccc(COc2ccc(F)cc2)cc1. The second kappa shape index (κ2) is 9.85. The third kappa shape index (κ3) is 5.66. The van der Waals surface area contributed by atoms with Crippen molar-refractivity contribution in [2.24, 2.45) is 0 Å². The molecule has 0 saturated carbocycles. The van der Waals surface area contributed by atoms with Gasteiger partial charge in [0.25, 0.3) is 5.91 Å². The van der Waals surface area contributed by atoms with Crippen LogP contribution in [-0.4, -0.2) is 15.7 Å². The number of halogens is 3. The molecule has 1 heterocycles. The lowest BCUT2D eigenvalue weighted by atomic mass is 10.1. The summed E-state index contributed by atoms with van der Waals surface area (Å²) in [7, 11) is 0. The molecule has 0 fully saturated rings. The van der Waals surface area contributed by atoms with Gasteiger partial charge in [-0.1, -0.05) is 41.4 Å². The van der Waals surface area contributed by atoms with E-state index in [0.717, 1.165) is 11.1 Å². The summed E-state index contributed by atoms with van der Waals surface area (Å²) in [6.45, 7) is 0.808. The van der Waals surface area contributed by atoms with Crippen LogP contribution in [0.5, 0.6) is 5.75 Å². The number of carbonyl (C=O) groups is 1. The van der Waals surface area contributed by atoms with Crippen molar-refractivity contribution in [1.29, 1.82) is 0 Å². The molecule has 162 valence electrons. The largest absolute Gasteiger partial charge is 0.489 e. The van der Waals surface area contributed by atoms with Crippen LogP contribution in [0.4, 0.5) is 10.2 Å². The minimum Gasteiger partial charge on any atom is -0.489 e. The normalized spacial score (nSPS) is 10.7. The standard InChI is InChI=1S/C24H18Cl2FN3O2/c25-21-10-3-17(13-22(21)26)14-30-12-11-23(29-30)28-24(31)18-4-1-16(2-5-18)15-32-20-8-6-19(27)7-9-20/h1-13H,14-15H2,(H,28,29,31). The van der Waals surface area contributed by atoms with Gasteiger partial charge in [-0.25, -0.2) is 4.39 Å². The van der Waals surface area contributed by atoms with E-state index in [9.17, 15) is 9.18 Å². The van der Waals surface area contributed by atoms with E-state index in [1.165, 1.54) is 12.1 Å². The highest BCUT2D eigenvalue weighted by molar-refractivity contribution is 6.42. The Balaban J connectivity index is 1.32. The van der Waals surface area contributed by atoms with Crippen LogP contribution in [0.1, 0.15) is 21.5 Å². The number of rotatable bonds is 7. The number of anilines is 1. The van der Waals surface area contributed by atoms with E-state index < -0.39 is 0 Å². The highest BCUT2D eigenvalue weighted by atomic mass is 35.5. The Bertz CT molecular complexity index is 1220. The molecular formula is C24H18Cl2FN3O2. The smallest absolute Gasteiger partial charge is 0.256 e. The zero-order chi connectivity index (χ0) is 22.5. The molecular weight excluding hydrogens is 452 g/mol. The van der Waals surface area contributed by atoms with Crippen molar-refractivity contribution in [2.45, 2.75) is 13.2 Å². The van der Waals surface area contributed by atoms with Crippen LogP contribution in [0.3, 0.4) is 0 Å². The van der Waals surface area contributed by atoms with Gasteiger partial charge in [0, 0.05) is 17.8 Å². The summed E-state index contributed by atoms with van der Waals surface area (Å²) in [4.78, 5) is 12.5. The number of nitrogens with zero attached hydrogens (tertiary/aromatic N) is 2. The average Bonchev–Trinajstić information content (AvgIpc) is 3.23. The number of nitrogens with one attached hydrogen (secondary N) is 1. The Hall–Kier alpha value is -3.35.